The molecule has 25 heavy (non-hydrogen) atoms. The van der Waals surface area contributed by atoms with Crippen molar-refractivity contribution in [3.8, 4) is 0 Å². The summed E-state index contributed by atoms with van der Waals surface area (Å²) < 4.78 is 12.6. The Morgan fingerprint density at radius 2 is 2.12 bits per heavy atom. The van der Waals surface area contributed by atoms with Gasteiger partial charge in [-0.1, -0.05) is 22.6 Å². The molecule has 1 unspecified atom stereocenters. The molecule has 0 aromatic rings. The predicted octanol–water partition coefficient (Wildman–Crippen LogP) is 3.41. The van der Waals surface area contributed by atoms with E-state index in [0.29, 0.717) is 30.2 Å². The summed E-state index contributed by atoms with van der Waals surface area (Å²) in [6.45, 7) is 7.70. The lowest BCUT2D eigenvalue weighted by Gasteiger charge is -2.25. The van der Waals surface area contributed by atoms with Crippen molar-refractivity contribution in [2.75, 3.05) is 11.0 Å². The van der Waals surface area contributed by atoms with E-state index in [4.69, 9.17) is 9.47 Å². The summed E-state index contributed by atoms with van der Waals surface area (Å²) in [6, 6.07) is 0. The van der Waals surface area contributed by atoms with Crippen molar-refractivity contribution in [1.82, 2.24) is 0 Å². The van der Waals surface area contributed by atoms with Crippen LogP contribution in [-0.2, 0) is 19.1 Å². The fourth-order valence-electron chi connectivity index (χ4n) is 4.23. The second-order valence-electron chi connectivity index (χ2n) is 7.66. The highest BCUT2D eigenvalue weighted by atomic mass is 127. The van der Waals surface area contributed by atoms with Gasteiger partial charge >= 0.3 is 0 Å². The van der Waals surface area contributed by atoms with Gasteiger partial charge < -0.3 is 9.47 Å². The van der Waals surface area contributed by atoms with Gasteiger partial charge in [0.05, 0.1) is 17.2 Å². The number of carbonyl (C=O) groups is 2. The fourth-order valence-corrected chi connectivity index (χ4v) is 4.80. The van der Waals surface area contributed by atoms with Gasteiger partial charge in [0.25, 0.3) is 0 Å². The van der Waals surface area contributed by atoms with Crippen LogP contribution in [0.15, 0.2) is 28.7 Å². The van der Waals surface area contributed by atoms with Crippen LogP contribution in [0.2, 0.25) is 0 Å². The van der Waals surface area contributed by atoms with Gasteiger partial charge in [0, 0.05) is 30.3 Å². The van der Waals surface area contributed by atoms with Crippen molar-refractivity contribution in [3.63, 3.8) is 0 Å². The maximum atomic E-state index is 12.3. The molecule has 1 saturated carbocycles. The zero-order valence-electron chi connectivity index (χ0n) is 14.7. The standard InChI is InChI=1S/C19H24INO4/c1-12(22)14-7-19(8-15(14)16(23)9-20)6-13(10-24-19)17-4-5-18(2,25-17)11-21-3/h4,10,14-15H,3,5-9,11H2,1-2H3/t14-,15+,18?,19+/m0/s1. The van der Waals surface area contributed by atoms with Crippen molar-refractivity contribution in [1.29, 1.82) is 0 Å². The second-order valence-corrected chi connectivity index (χ2v) is 8.42. The molecule has 0 saturated heterocycles. The maximum Gasteiger partial charge on any atom is 0.146 e. The molecule has 1 aliphatic carbocycles. The molecule has 0 N–H and O–H groups in total. The number of ketones is 2. The van der Waals surface area contributed by atoms with E-state index < -0.39 is 5.60 Å². The van der Waals surface area contributed by atoms with Gasteiger partial charge in [-0.3, -0.25) is 14.6 Å². The number of nitrogens with zero attached hydrogens (tertiary/aromatic N) is 1. The van der Waals surface area contributed by atoms with Crippen molar-refractivity contribution >= 4 is 40.9 Å². The first kappa shape index (κ1) is 18.6. The Bertz CT molecular complexity index is 670. The molecule has 2 heterocycles. The number of ether oxygens (including phenoxy) is 2. The van der Waals surface area contributed by atoms with Crippen LogP contribution in [0, 0.1) is 11.8 Å². The largest absolute Gasteiger partial charge is 0.494 e. The molecule has 136 valence electrons. The van der Waals surface area contributed by atoms with Crippen LogP contribution in [0.3, 0.4) is 0 Å². The van der Waals surface area contributed by atoms with E-state index in [1.54, 1.807) is 13.2 Å². The van der Waals surface area contributed by atoms with Crippen LogP contribution in [0.4, 0.5) is 0 Å². The summed E-state index contributed by atoms with van der Waals surface area (Å²) in [7, 11) is 0. The van der Waals surface area contributed by atoms with Crippen molar-refractivity contribution in [2.24, 2.45) is 16.8 Å². The maximum absolute atomic E-state index is 12.3. The topological polar surface area (TPSA) is 65.0 Å². The molecule has 1 spiro atoms. The van der Waals surface area contributed by atoms with Gasteiger partial charge in [-0.2, -0.15) is 0 Å². The Hall–Kier alpha value is -1.18. The Kier molecular flexibility index (Phi) is 5.10. The van der Waals surface area contributed by atoms with E-state index in [9.17, 15) is 9.59 Å². The molecule has 4 atom stereocenters. The number of hydrogen-bond acceptors (Lipinski definition) is 5. The zero-order valence-corrected chi connectivity index (χ0v) is 16.9. The molecule has 5 nitrogen and oxygen atoms in total. The zero-order chi connectivity index (χ0) is 18.2. The third kappa shape index (κ3) is 3.55. The number of Topliss-reactive ketones (excluding diaryl/α,β-unsaturated/α-hetero) is 2. The van der Waals surface area contributed by atoms with Crippen molar-refractivity contribution < 1.29 is 19.1 Å². The highest BCUT2D eigenvalue weighted by molar-refractivity contribution is 14.1. The molecule has 6 heteroatoms. The fraction of sp³-hybridized carbons (Fsp3) is 0.632. The van der Waals surface area contributed by atoms with E-state index in [0.717, 1.165) is 17.8 Å². The summed E-state index contributed by atoms with van der Waals surface area (Å²) in [5, 5.41) is 0. The minimum Gasteiger partial charge on any atom is -0.494 e. The first-order valence-electron chi connectivity index (χ1n) is 8.59. The molecule has 0 aromatic heterocycles. The molecule has 2 aliphatic heterocycles. The van der Waals surface area contributed by atoms with E-state index in [-0.39, 0.29) is 29.0 Å². The molecule has 0 aromatic carbocycles. The average Bonchev–Trinajstić information content (AvgIpc) is 3.25. The number of halogens is 1. The lowest BCUT2D eigenvalue weighted by atomic mass is 9.90. The Morgan fingerprint density at radius 1 is 1.40 bits per heavy atom. The van der Waals surface area contributed by atoms with Crippen LogP contribution < -0.4 is 0 Å². The van der Waals surface area contributed by atoms with Gasteiger partial charge in [0.2, 0.25) is 0 Å². The lowest BCUT2D eigenvalue weighted by Crippen LogP contribution is -2.28. The van der Waals surface area contributed by atoms with Crippen LogP contribution in [0.25, 0.3) is 0 Å². The molecule has 3 aliphatic rings. The monoisotopic (exact) mass is 457 g/mol. The van der Waals surface area contributed by atoms with E-state index in [2.05, 4.69) is 40.4 Å². The molecule has 0 amide bonds. The summed E-state index contributed by atoms with van der Waals surface area (Å²) in [5.74, 6) is 0.611. The van der Waals surface area contributed by atoms with Crippen LogP contribution >= 0.6 is 22.6 Å². The minimum absolute atomic E-state index is 0.0816. The molecule has 1 fully saturated rings. The van der Waals surface area contributed by atoms with Crippen LogP contribution in [0.1, 0.15) is 39.5 Å². The molecular formula is C19H24INO4. The van der Waals surface area contributed by atoms with E-state index in [1.807, 2.05) is 6.92 Å². The normalized spacial score (nSPS) is 36.6. The molecule has 0 bridgehead atoms. The van der Waals surface area contributed by atoms with Crippen LogP contribution in [-0.4, -0.2) is 40.5 Å². The summed E-state index contributed by atoms with van der Waals surface area (Å²) in [4.78, 5) is 28.3. The average molecular weight is 457 g/mol. The summed E-state index contributed by atoms with van der Waals surface area (Å²) in [6.07, 6.45) is 6.52. The Labute approximate surface area is 162 Å². The third-order valence-corrected chi connectivity index (χ3v) is 6.29. The quantitative estimate of drug-likeness (QED) is 0.349. The van der Waals surface area contributed by atoms with Crippen molar-refractivity contribution in [2.45, 2.75) is 50.7 Å². The summed E-state index contributed by atoms with van der Waals surface area (Å²) >= 11 is 2.08. The van der Waals surface area contributed by atoms with Gasteiger partial charge in [-0.25, -0.2) is 0 Å². The van der Waals surface area contributed by atoms with E-state index >= 15 is 0 Å². The van der Waals surface area contributed by atoms with Crippen LogP contribution in [0.5, 0.6) is 0 Å². The second kappa shape index (κ2) is 6.85. The predicted molar refractivity (Wildman–Crippen MR) is 104 cm³/mol. The number of rotatable bonds is 6. The number of aliphatic imine (C=N–C) groups is 1. The Balaban J connectivity index is 1.71. The molecule has 0 radical (unpaired) electrons. The SMILES string of the molecule is C=NCC1(C)CC=C(C2=CO[C@]3(C2)C[C@@H](C(C)=O)[C@H](C(=O)CI)C3)O1. The molecular weight excluding hydrogens is 433 g/mol. The van der Waals surface area contributed by atoms with E-state index in [1.165, 1.54) is 0 Å². The van der Waals surface area contributed by atoms with Crippen molar-refractivity contribution in [3.05, 3.63) is 23.7 Å². The number of carbonyl (C=O) groups excluding carboxylic acids is 2. The number of allylic oxidation sites excluding steroid dienone is 1. The summed E-state index contributed by atoms with van der Waals surface area (Å²) in [5.41, 5.74) is 0.223. The first-order chi connectivity index (χ1) is 11.8. The van der Waals surface area contributed by atoms with Gasteiger partial charge in [0.1, 0.15) is 28.5 Å². The minimum atomic E-state index is -0.447. The smallest absolute Gasteiger partial charge is 0.146 e. The van der Waals surface area contributed by atoms with Gasteiger partial charge in [-0.05, 0) is 39.5 Å². The number of alkyl halides is 1. The third-order valence-electron chi connectivity index (χ3n) is 5.54. The van der Waals surface area contributed by atoms with Gasteiger partial charge in [0.15, 0.2) is 0 Å². The highest BCUT2D eigenvalue weighted by Gasteiger charge is 2.53. The molecule has 3 rings (SSSR count). The number of hydrogen-bond donors (Lipinski definition) is 0. The van der Waals surface area contributed by atoms with Gasteiger partial charge in [-0.15, -0.1) is 0 Å². The lowest BCUT2D eigenvalue weighted by molar-refractivity contribution is -0.128. The highest BCUT2D eigenvalue weighted by Crippen LogP contribution is 2.51. The first-order valence-corrected chi connectivity index (χ1v) is 10.1. The Morgan fingerprint density at radius 3 is 2.76 bits per heavy atom.